The van der Waals surface area contributed by atoms with Crippen LogP contribution in [0.2, 0.25) is 19.6 Å². The van der Waals surface area contributed by atoms with E-state index in [0.29, 0.717) is 0 Å². The molecular weight excluding hydrogens is 216 g/mol. The molecule has 0 aromatic rings. The van der Waals surface area contributed by atoms with Gasteiger partial charge < -0.3 is 4.74 Å². The van der Waals surface area contributed by atoms with E-state index in [1.54, 1.807) is 0 Å². The molecule has 0 spiro atoms. The molecule has 0 bridgehead atoms. The largest absolute Gasteiger partial charge is 0.462 e. The monoisotopic (exact) mass is 242 g/mol. The topological polar surface area (TPSA) is 26.3 Å². The highest BCUT2D eigenvalue weighted by atomic mass is 28.3. The van der Waals surface area contributed by atoms with Crippen LogP contribution in [0.1, 0.15) is 39.5 Å². The van der Waals surface area contributed by atoms with Gasteiger partial charge in [-0.1, -0.05) is 51.6 Å². The fourth-order valence-electron chi connectivity index (χ4n) is 1.42. The van der Waals surface area contributed by atoms with E-state index in [2.05, 4.69) is 38.7 Å². The number of hydrogen-bond donors (Lipinski definition) is 0. The lowest BCUT2D eigenvalue weighted by molar-refractivity contribution is -0.141. The number of rotatable bonds is 7. The smallest absolute Gasteiger partial charge is 0.302 e. The van der Waals surface area contributed by atoms with Gasteiger partial charge in [0.05, 0.1) is 8.07 Å². The molecule has 0 heterocycles. The number of ether oxygens (including phenoxy) is 1. The molecule has 1 atom stereocenters. The number of unbranched alkanes of at least 4 members (excludes halogenated alkanes) is 3. The van der Waals surface area contributed by atoms with E-state index in [1.165, 1.54) is 26.2 Å². The molecule has 0 saturated heterocycles. The average molecular weight is 242 g/mol. The van der Waals surface area contributed by atoms with Crippen LogP contribution in [0.25, 0.3) is 0 Å². The van der Waals surface area contributed by atoms with Crippen LogP contribution < -0.4 is 0 Å². The van der Waals surface area contributed by atoms with Gasteiger partial charge in [0.2, 0.25) is 0 Å². The average Bonchev–Trinajstić information content (AvgIpc) is 2.13. The summed E-state index contributed by atoms with van der Waals surface area (Å²) in [5, 5.41) is 0. The van der Waals surface area contributed by atoms with Gasteiger partial charge in [0.25, 0.3) is 0 Å². The molecule has 0 rings (SSSR count). The lowest BCUT2D eigenvalue weighted by Crippen LogP contribution is -2.39. The van der Waals surface area contributed by atoms with Crippen LogP contribution >= 0.6 is 0 Å². The number of hydrogen-bond acceptors (Lipinski definition) is 2. The van der Waals surface area contributed by atoms with Crippen LogP contribution in [0.5, 0.6) is 0 Å². The minimum absolute atomic E-state index is 0.0200. The van der Waals surface area contributed by atoms with Gasteiger partial charge in [0, 0.05) is 6.92 Å². The maximum Gasteiger partial charge on any atom is 0.302 e. The summed E-state index contributed by atoms with van der Waals surface area (Å²) in [5.41, 5.74) is 0.0200. The lowest BCUT2D eigenvalue weighted by atomic mass is 10.2. The third kappa shape index (κ3) is 7.68. The molecule has 16 heavy (non-hydrogen) atoms. The highest BCUT2D eigenvalue weighted by Crippen LogP contribution is 2.14. The molecular formula is C13H26O2Si. The van der Waals surface area contributed by atoms with Gasteiger partial charge in [-0.2, -0.15) is 0 Å². The van der Waals surface area contributed by atoms with Crippen molar-refractivity contribution in [1.82, 2.24) is 0 Å². The van der Waals surface area contributed by atoms with Gasteiger partial charge >= 0.3 is 5.97 Å². The molecule has 0 radical (unpaired) electrons. The Kier molecular flexibility index (Phi) is 7.39. The fourth-order valence-corrected chi connectivity index (χ4v) is 2.65. The summed E-state index contributed by atoms with van der Waals surface area (Å²) in [4.78, 5) is 11.0. The van der Waals surface area contributed by atoms with Gasteiger partial charge in [0.15, 0.2) is 0 Å². The Morgan fingerprint density at radius 3 is 2.38 bits per heavy atom. The Morgan fingerprint density at radius 2 is 1.94 bits per heavy atom. The molecule has 94 valence electrons. The van der Waals surface area contributed by atoms with Gasteiger partial charge in [0.1, 0.15) is 5.73 Å². The molecule has 0 fully saturated rings. The molecule has 3 heteroatoms. The van der Waals surface area contributed by atoms with Crippen LogP contribution in [0.4, 0.5) is 0 Å². The van der Waals surface area contributed by atoms with E-state index < -0.39 is 8.07 Å². The highest BCUT2D eigenvalue weighted by molar-refractivity contribution is 6.77. The lowest BCUT2D eigenvalue weighted by Gasteiger charge is -2.25. The second-order valence-electron chi connectivity index (χ2n) is 5.32. The van der Waals surface area contributed by atoms with E-state index in [9.17, 15) is 4.79 Å². The Bertz CT molecular complexity index is 229. The van der Waals surface area contributed by atoms with Crippen molar-refractivity contribution in [2.75, 3.05) is 0 Å². The van der Waals surface area contributed by atoms with Crippen LogP contribution in [-0.4, -0.2) is 19.8 Å². The fraction of sp³-hybridized carbons (Fsp3) is 0.769. The normalized spacial score (nSPS) is 14.1. The Morgan fingerprint density at radius 1 is 1.31 bits per heavy atom. The SMILES string of the molecule is CCCCC/C=C/C(OC(C)=O)[Si](C)(C)C. The second kappa shape index (κ2) is 7.66. The standard InChI is InChI=1S/C13H26O2Si/c1-6-7-8-9-10-11-13(15-12(2)14)16(3,4)5/h10-11,13H,6-9H2,1-5H3/b11-10+. The minimum atomic E-state index is -1.45. The molecule has 0 aliphatic carbocycles. The number of carbonyl (C=O) groups is 1. The molecule has 2 nitrogen and oxygen atoms in total. The maximum atomic E-state index is 11.0. The van der Waals surface area contributed by atoms with E-state index in [0.717, 1.165) is 6.42 Å². The van der Waals surface area contributed by atoms with Crippen molar-refractivity contribution in [2.24, 2.45) is 0 Å². The van der Waals surface area contributed by atoms with Crippen LogP contribution in [0, 0.1) is 0 Å². The van der Waals surface area contributed by atoms with E-state index in [4.69, 9.17) is 4.74 Å². The van der Waals surface area contributed by atoms with Crippen molar-refractivity contribution in [3.8, 4) is 0 Å². The summed E-state index contributed by atoms with van der Waals surface area (Å²) in [5.74, 6) is -0.175. The van der Waals surface area contributed by atoms with E-state index in [-0.39, 0.29) is 11.7 Å². The Balaban J connectivity index is 4.16. The Labute approximate surface area is 101 Å². The second-order valence-corrected chi connectivity index (χ2v) is 10.6. The van der Waals surface area contributed by atoms with Gasteiger partial charge in [-0.05, 0) is 12.8 Å². The summed E-state index contributed by atoms with van der Waals surface area (Å²) in [6.07, 6.45) is 9.09. The number of esters is 1. The highest BCUT2D eigenvalue weighted by Gasteiger charge is 2.26. The Hall–Kier alpha value is -0.573. The molecule has 0 aliphatic rings. The molecule has 0 N–H and O–H groups in total. The zero-order valence-corrected chi connectivity index (χ0v) is 12.4. The predicted octanol–water partition coefficient (Wildman–Crippen LogP) is 3.93. The quantitative estimate of drug-likeness (QED) is 0.293. The van der Waals surface area contributed by atoms with Crippen molar-refractivity contribution >= 4 is 14.0 Å². The van der Waals surface area contributed by atoms with Crippen LogP contribution in [-0.2, 0) is 9.53 Å². The van der Waals surface area contributed by atoms with Crippen molar-refractivity contribution < 1.29 is 9.53 Å². The molecule has 0 aromatic heterocycles. The van der Waals surface area contributed by atoms with Crippen molar-refractivity contribution in [2.45, 2.75) is 64.9 Å². The summed E-state index contributed by atoms with van der Waals surface area (Å²) in [7, 11) is -1.45. The van der Waals surface area contributed by atoms with Gasteiger partial charge in [-0.25, -0.2) is 0 Å². The first kappa shape index (κ1) is 15.4. The molecule has 0 amide bonds. The van der Waals surface area contributed by atoms with Crippen LogP contribution in [0.15, 0.2) is 12.2 Å². The molecule has 0 aromatic carbocycles. The summed E-state index contributed by atoms with van der Waals surface area (Å²) >= 11 is 0. The zero-order chi connectivity index (χ0) is 12.6. The van der Waals surface area contributed by atoms with Crippen molar-refractivity contribution in [3.63, 3.8) is 0 Å². The zero-order valence-electron chi connectivity index (χ0n) is 11.4. The van der Waals surface area contributed by atoms with Gasteiger partial charge in [-0.15, -0.1) is 0 Å². The summed E-state index contributed by atoms with van der Waals surface area (Å²) < 4.78 is 5.36. The minimum Gasteiger partial charge on any atom is -0.462 e. The third-order valence-corrected chi connectivity index (χ3v) is 4.45. The van der Waals surface area contributed by atoms with Crippen LogP contribution in [0.3, 0.4) is 0 Å². The van der Waals surface area contributed by atoms with Crippen molar-refractivity contribution in [1.29, 1.82) is 0 Å². The summed E-state index contributed by atoms with van der Waals surface area (Å²) in [6, 6.07) is 0. The first-order valence-corrected chi connectivity index (χ1v) is 9.79. The number of carbonyl (C=O) groups excluding carboxylic acids is 1. The third-order valence-electron chi connectivity index (χ3n) is 2.43. The first-order valence-electron chi connectivity index (χ1n) is 6.21. The maximum absolute atomic E-state index is 11.0. The molecule has 1 unspecified atom stereocenters. The first-order chi connectivity index (χ1) is 7.38. The predicted molar refractivity (Wildman–Crippen MR) is 72.2 cm³/mol. The molecule has 0 aliphatic heterocycles. The van der Waals surface area contributed by atoms with E-state index in [1.807, 2.05) is 0 Å². The molecule has 0 saturated carbocycles. The van der Waals surface area contributed by atoms with Gasteiger partial charge in [-0.3, -0.25) is 4.79 Å². The van der Waals surface area contributed by atoms with E-state index >= 15 is 0 Å². The van der Waals surface area contributed by atoms with Crippen molar-refractivity contribution in [3.05, 3.63) is 12.2 Å². The number of allylic oxidation sites excluding steroid dienone is 1. The summed E-state index contributed by atoms with van der Waals surface area (Å²) in [6.45, 7) is 10.3.